The minimum atomic E-state index is 1.06. The third-order valence-electron chi connectivity index (χ3n) is 10.9. The number of hydrogen-bond donors (Lipinski definition) is 0. The molecule has 0 radical (unpaired) electrons. The molecule has 0 spiro atoms. The Hall–Kier alpha value is -6.61. The van der Waals surface area contributed by atoms with E-state index < -0.39 is 0 Å². The van der Waals surface area contributed by atoms with Gasteiger partial charge in [-0.3, -0.25) is 0 Å². The van der Waals surface area contributed by atoms with Crippen LogP contribution >= 0.6 is 11.3 Å². The summed E-state index contributed by atoms with van der Waals surface area (Å²) in [5.74, 6) is 0. The SMILES string of the molecule is c1ccc(-c2ccc3cccc(-c4c5ccccc5c(-c5ccc6c(ccc7ccc8sc(-c9ccccc9)nc8c76)c5)c5ccccc45)c3c2)cc1. The van der Waals surface area contributed by atoms with Crippen LogP contribution in [0.25, 0.3) is 108 Å². The largest absolute Gasteiger partial charge is 0.235 e. The van der Waals surface area contributed by atoms with Crippen molar-refractivity contribution >= 4 is 75.4 Å². The zero-order valence-corrected chi connectivity index (χ0v) is 29.6. The molecule has 0 fully saturated rings. The Morgan fingerprint density at radius 3 is 1.68 bits per heavy atom. The number of nitrogens with zero attached hydrogens (tertiary/aromatic N) is 1. The summed E-state index contributed by atoms with van der Waals surface area (Å²) in [5, 5.41) is 13.5. The summed E-state index contributed by atoms with van der Waals surface area (Å²) in [5.41, 5.74) is 9.72. The highest BCUT2D eigenvalue weighted by Crippen LogP contribution is 2.46. The van der Waals surface area contributed by atoms with Crippen molar-refractivity contribution in [3.05, 3.63) is 188 Å². The Morgan fingerprint density at radius 1 is 0.340 bits per heavy atom. The summed E-state index contributed by atoms with van der Waals surface area (Å²) < 4.78 is 1.21. The van der Waals surface area contributed by atoms with Gasteiger partial charge in [0.25, 0.3) is 0 Å². The molecule has 0 atom stereocenters. The average Bonchev–Trinajstić information content (AvgIpc) is 3.68. The van der Waals surface area contributed by atoms with Crippen LogP contribution in [-0.2, 0) is 0 Å². The predicted octanol–water partition coefficient (Wildman–Crippen LogP) is 14.7. The molecule has 11 aromatic rings. The zero-order chi connectivity index (χ0) is 34.9. The molecule has 1 aromatic heterocycles. The van der Waals surface area contributed by atoms with Crippen LogP contribution in [0.15, 0.2) is 188 Å². The lowest BCUT2D eigenvalue weighted by Crippen LogP contribution is -1.92. The molecule has 2 heteroatoms. The minimum absolute atomic E-state index is 1.06. The van der Waals surface area contributed by atoms with Gasteiger partial charge < -0.3 is 0 Å². The maximum absolute atomic E-state index is 5.22. The molecule has 0 bridgehead atoms. The van der Waals surface area contributed by atoms with Crippen LogP contribution in [0.1, 0.15) is 0 Å². The lowest BCUT2D eigenvalue weighted by molar-refractivity contribution is 1.49. The molecule has 10 aromatic carbocycles. The first kappa shape index (κ1) is 30.1. The summed E-state index contributed by atoms with van der Waals surface area (Å²) in [6.45, 7) is 0. The summed E-state index contributed by atoms with van der Waals surface area (Å²) in [6.07, 6.45) is 0. The normalized spacial score (nSPS) is 11.8. The molecular formula is C51H31NS. The highest BCUT2D eigenvalue weighted by Gasteiger charge is 2.19. The van der Waals surface area contributed by atoms with Crippen LogP contribution in [0, 0.1) is 0 Å². The summed E-state index contributed by atoms with van der Waals surface area (Å²) in [6, 6.07) is 68.8. The molecule has 0 aliphatic heterocycles. The number of rotatable bonds is 4. The van der Waals surface area contributed by atoms with Gasteiger partial charge in [0.15, 0.2) is 0 Å². The lowest BCUT2D eigenvalue weighted by Gasteiger charge is -2.19. The van der Waals surface area contributed by atoms with Crippen molar-refractivity contribution < 1.29 is 0 Å². The number of thiazole rings is 1. The highest BCUT2D eigenvalue weighted by molar-refractivity contribution is 7.21. The fourth-order valence-electron chi connectivity index (χ4n) is 8.43. The lowest BCUT2D eigenvalue weighted by atomic mass is 9.84. The van der Waals surface area contributed by atoms with Gasteiger partial charge in [-0.25, -0.2) is 4.98 Å². The predicted molar refractivity (Wildman–Crippen MR) is 229 cm³/mol. The summed E-state index contributed by atoms with van der Waals surface area (Å²) in [7, 11) is 0. The number of aromatic nitrogens is 1. The Morgan fingerprint density at radius 2 is 0.943 bits per heavy atom. The molecule has 0 unspecified atom stereocenters. The van der Waals surface area contributed by atoms with Gasteiger partial charge in [-0.15, -0.1) is 11.3 Å². The van der Waals surface area contributed by atoms with Crippen molar-refractivity contribution in [3.63, 3.8) is 0 Å². The third-order valence-corrected chi connectivity index (χ3v) is 11.9. The smallest absolute Gasteiger partial charge is 0.124 e. The molecule has 1 heterocycles. The van der Waals surface area contributed by atoms with Crippen LogP contribution in [0.5, 0.6) is 0 Å². The average molecular weight is 690 g/mol. The monoisotopic (exact) mass is 689 g/mol. The molecule has 11 rings (SSSR count). The van der Waals surface area contributed by atoms with Crippen molar-refractivity contribution in [3.8, 4) is 44.0 Å². The van der Waals surface area contributed by atoms with Crippen LogP contribution in [-0.4, -0.2) is 4.98 Å². The van der Waals surface area contributed by atoms with E-state index in [2.05, 4.69) is 188 Å². The molecular weight excluding hydrogens is 659 g/mol. The van der Waals surface area contributed by atoms with E-state index in [1.54, 1.807) is 11.3 Å². The van der Waals surface area contributed by atoms with Gasteiger partial charge in [-0.1, -0.05) is 170 Å². The molecule has 1 nitrogen and oxygen atoms in total. The Bertz CT molecular complexity index is 3160. The van der Waals surface area contributed by atoms with Gasteiger partial charge in [0.1, 0.15) is 5.01 Å². The Labute approximate surface area is 311 Å². The van der Waals surface area contributed by atoms with Crippen molar-refractivity contribution in [2.75, 3.05) is 0 Å². The second-order valence-corrected chi connectivity index (χ2v) is 14.9. The van der Waals surface area contributed by atoms with Crippen molar-refractivity contribution in [2.24, 2.45) is 0 Å². The quantitative estimate of drug-likeness (QED) is 0.132. The van der Waals surface area contributed by atoms with E-state index in [-0.39, 0.29) is 0 Å². The van der Waals surface area contributed by atoms with Gasteiger partial charge in [-0.2, -0.15) is 0 Å². The first-order chi connectivity index (χ1) is 26.3. The van der Waals surface area contributed by atoms with E-state index in [0.717, 1.165) is 16.1 Å². The number of hydrogen-bond acceptors (Lipinski definition) is 2. The standard InChI is InChI=1S/C51H31NS/c1-3-12-32(13-4-1)36-24-22-33-16-11-21-44(45(33)31-36)49-42-19-9-7-17-40(42)47(41-18-8-10-20-43(41)49)38-26-28-39-37(30-38)25-23-34-27-29-46-50(48(34)39)52-51(53-46)35-14-5-2-6-15-35/h1-31H. The molecule has 0 saturated heterocycles. The Balaban J connectivity index is 1.15. The van der Waals surface area contributed by atoms with Crippen LogP contribution in [0.4, 0.5) is 0 Å². The van der Waals surface area contributed by atoms with E-state index in [9.17, 15) is 0 Å². The Kier molecular flexibility index (Phi) is 6.80. The maximum atomic E-state index is 5.22. The number of fused-ring (bicyclic) bond motifs is 8. The molecule has 0 aliphatic rings. The van der Waals surface area contributed by atoms with Gasteiger partial charge in [0.2, 0.25) is 0 Å². The van der Waals surface area contributed by atoms with Crippen LogP contribution in [0.3, 0.4) is 0 Å². The van der Waals surface area contributed by atoms with E-state index in [1.165, 1.54) is 91.9 Å². The third kappa shape index (κ3) is 4.80. The number of benzene rings is 10. The van der Waals surface area contributed by atoms with E-state index >= 15 is 0 Å². The molecule has 0 N–H and O–H groups in total. The van der Waals surface area contributed by atoms with Crippen molar-refractivity contribution in [2.45, 2.75) is 0 Å². The van der Waals surface area contributed by atoms with Crippen LogP contribution in [0.2, 0.25) is 0 Å². The fraction of sp³-hybridized carbons (Fsp3) is 0. The van der Waals surface area contributed by atoms with E-state index in [1.807, 2.05) is 0 Å². The highest BCUT2D eigenvalue weighted by atomic mass is 32.1. The second kappa shape index (κ2) is 12.0. The first-order valence-electron chi connectivity index (χ1n) is 18.1. The fourth-order valence-corrected chi connectivity index (χ4v) is 9.41. The van der Waals surface area contributed by atoms with E-state index in [4.69, 9.17) is 4.98 Å². The van der Waals surface area contributed by atoms with Crippen molar-refractivity contribution in [1.29, 1.82) is 0 Å². The molecule has 0 saturated carbocycles. The van der Waals surface area contributed by atoms with Gasteiger partial charge in [0.05, 0.1) is 10.2 Å². The van der Waals surface area contributed by atoms with Crippen molar-refractivity contribution in [1.82, 2.24) is 4.98 Å². The first-order valence-corrected chi connectivity index (χ1v) is 18.9. The van der Waals surface area contributed by atoms with Gasteiger partial charge in [0, 0.05) is 10.9 Å². The molecule has 246 valence electrons. The van der Waals surface area contributed by atoms with Gasteiger partial charge in [-0.05, 0) is 100 Å². The second-order valence-electron chi connectivity index (χ2n) is 13.8. The summed E-state index contributed by atoms with van der Waals surface area (Å²) >= 11 is 1.77. The zero-order valence-electron chi connectivity index (χ0n) is 28.8. The molecule has 0 amide bonds. The van der Waals surface area contributed by atoms with Gasteiger partial charge >= 0.3 is 0 Å². The van der Waals surface area contributed by atoms with E-state index in [0.29, 0.717) is 0 Å². The molecule has 0 aliphatic carbocycles. The summed E-state index contributed by atoms with van der Waals surface area (Å²) in [4.78, 5) is 5.22. The minimum Gasteiger partial charge on any atom is -0.235 e. The molecule has 53 heavy (non-hydrogen) atoms. The topological polar surface area (TPSA) is 12.9 Å². The van der Waals surface area contributed by atoms with Crippen LogP contribution < -0.4 is 0 Å². The maximum Gasteiger partial charge on any atom is 0.124 e.